The summed E-state index contributed by atoms with van der Waals surface area (Å²) in [5.41, 5.74) is 0. The summed E-state index contributed by atoms with van der Waals surface area (Å²) in [7, 11) is 0. The molecule has 1 amide bonds. The maximum atomic E-state index is 12.1. The molecule has 0 aromatic heterocycles. The lowest BCUT2D eigenvalue weighted by Crippen LogP contribution is -2.42. The van der Waals surface area contributed by atoms with Crippen molar-refractivity contribution in [1.82, 2.24) is 10.2 Å². The molecule has 2 fully saturated rings. The molecule has 4 nitrogen and oxygen atoms in total. The summed E-state index contributed by atoms with van der Waals surface area (Å²) in [5, 5.41) is 3.27. The lowest BCUT2D eigenvalue weighted by molar-refractivity contribution is -0.132. The van der Waals surface area contributed by atoms with E-state index in [0.29, 0.717) is 11.8 Å². The van der Waals surface area contributed by atoms with Crippen molar-refractivity contribution in [3.63, 3.8) is 0 Å². The lowest BCUT2D eigenvalue weighted by Gasteiger charge is -2.20. The van der Waals surface area contributed by atoms with Crippen LogP contribution >= 0.6 is 0 Å². The Kier molecular flexibility index (Phi) is 4.18. The molecule has 2 heterocycles. The van der Waals surface area contributed by atoms with Crippen LogP contribution in [0.5, 0.6) is 0 Å². The van der Waals surface area contributed by atoms with E-state index in [4.69, 9.17) is 4.74 Å². The highest BCUT2D eigenvalue weighted by atomic mass is 16.5. The number of nitrogens with one attached hydrogen (secondary N) is 1. The number of carbonyl (C=O) groups excluding carboxylic acids is 1. The van der Waals surface area contributed by atoms with E-state index in [-0.39, 0.29) is 6.04 Å². The zero-order valence-corrected chi connectivity index (χ0v) is 10.1. The second-order valence-electron chi connectivity index (χ2n) is 4.75. The highest BCUT2D eigenvalue weighted by Gasteiger charge is 2.31. The largest absolute Gasteiger partial charge is 0.381 e. The van der Waals surface area contributed by atoms with Crippen molar-refractivity contribution in [2.45, 2.75) is 32.2 Å². The molecule has 0 radical (unpaired) electrons. The van der Waals surface area contributed by atoms with Crippen LogP contribution in [-0.4, -0.2) is 49.7 Å². The number of ether oxygens (including phenoxy) is 1. The quantitative estimate of drug-likeness (QED) is 0.764. The Balaban J connectivity index is 1.76. The highest BCUT2D eigenvalue weighted by molar-refractivity contribution is 5.82. The number of hydrogen-bond donors (Lipinski definition) is 1. The first-order valence-electron chi connectivity index (χ1n) is 6.41. The third-order valence-electron chi connectivity index (χ3n) is 3.51. The van der Waals surface area contributed by atoms with Crippen molar-refractivity contribution in [2.75, 3.05) is 32.8 Å². The molecule has 2 atom stereocenters. The molecule has 0 aromatic rings. The van der Waals surface area contributed by atoms with E-state index in [1.54, 1.807) is 0 Å². The van der Waals surface area contributed by atoms with Crippen LogP contribution in [0, 0.1) is 5.92 Å². The molecule has 2 rings (SSSR count). The number of nitrogens with zero attached hydrogens (tertiary/aromatic N) is 1. The summed E-state index contributed by atoms with van der Waals surface area (Å²) in [6, 6.07) is 0.0887. The zero-order chi connectivity index (χ0) is 11.4. The molecule has 0 bridgehead atoms. The molecule has 92 valence electrons. The van der Waals surface area contributed by atoms with Gasteiger partial charge >= 0.3 is 0 Å². The molecule has 0 aliphatic carbocycles. The molecule has 2 aliphatic rings. The molecule has 2 saturated heterocycles. The number of likely N-dealkylation sites (tertiary alicyclic amines) is 1. The van der Waals surface area contributed by atoms with Crippen LogP contribution in [0.25, 0.3) is 0 Å². The van der Waals surface area contributed by atoms with Gasteiger partial charge in [-0.2, -0.15) is 0 Å². The molecule has 0 aromatic carbocycles. The molecule has 0 spiro atoms. The van der Waals surface area contributed by atoms with Crippen molar-refractivity contribution in [3.05, 3.63) is 0 Å². The predicted molar refractivity (Wildman–Crippen MR) is 62.2 cm³/mol. The normalized spacial score (nSPS) is 29.9. The average Bonchev–Trinajstić information content (AvgIpc) is 2.96. The molecule has 2 aliphatic heterocycles. The number of rotatable bonds is 4. The standard InChI is InChI=1S/C12H22N2O2/c1-2-16-9-10-5-7-14(8-10)12(15)11-4-3-6-13-11/h10-11,13H,2-9H2,1H3/t10-,11-/m1/s1. The summed E-state index contributed by atoms with van der Waals surface area (Å²) in [5.74, 6) is 0.849. The fraction of sp³-hybridized carbons (Fsp3) is 0.917. The highest BCUT2D eigenvalue weighted by Crippen LogP contribution is 2.19. The first kappa shape index (κ1) is 11.9. The van der Waals surface area contributed by atoms with Crippen molar-refractivity contribution in [1.29, 1.82) is 0 Å². The minimum atomic E-state index is 0.0887. The van der Waals surface area contributed by atoms with Crippen molar-refractivity contribution in [3.8, 4) is 0 Å². The van der Waals surface area contributed by atoms with Gasteiger partial charge in [-0.15, -0.1) is 0 Å². The Hall–Kier alpha value is -0.610. The van der Waals surface area contributed by atoms with Gasteiger partial charge in [0.05, 0.1) is 12.6 Å². The molecular formula is C12H22N2O2. The minimum absolute atomic E-state index is 0.0887. The van der Waals surface area contributed by atoms with Crippen molar-refractivity contribution >= 4 is 5.91 Å². The summed E-state index contributed by atoms with van der Waals surface area (Å²) >= 11 is 0. The van der Waals surface area contributed by atoms with Crippen LogP contribution in [0.4, 0.5) is 0 Å². The fourth-order valence-electron chi connectivity index (χ4n) is 2.57. The van der Waals surface area contributed by atoms with Gasteiger partial charge in [-0.25, -0.2) is 0 Å². The summed E-state index contributed by atoms with van der Waals surface area (Å²) in [6.45, 7) is 6.38. The Labute approximate surface area is 97.3 Å². The predicted octanol–water partition coefficient (Wildman–Crippen LogP) is 0.623. The van der Waals surface area contributed by atoms with E-state index in [9.17, 15) is 4.79 Å². The van der Waals surface area contributed by atoms with Crippen molar-refractivity contribution in [2.24, 2.45) is 5.92 Å². The van der Waals surface area contributed by atoms with E-state index < -0.39 is 0 Å². The summed E-state index contributed by atoms with van der Waals surface area (Å²) < 4.78 is 5.42. The third-order valence-corrected chi connectivity index (χ3v) is 3.51. The Bertz CT molecular complexity index is 239. The summed E-state index contributed by atoms with van der Waals surface area (Å²) in [6.07, 6.45) is 3.23. The first-order valence-corrected chi connectivity index (χ1v) is 6.41. The third kappa shape index (κ3) is 2.74. The first-order chi connectivity index (χ1) is 7.81. The van der Waals surface area contributed by atoms with Gasteiger partial charge in [-0.1, -0.05) is 0 Å². The topological polar surface area (TPSA) is 41.6 Å². The van der Waals surface area contributed by atoms with E-state index in [1.165, 1.54) is 0 Å². The van der Waals surface area contributed by atoms with Gasteiger partial charge in [0.2, 0.25) is 5.91 Å². The lowest BCUT2D eigenvalue weighted by atomic mass is 10.1. The zero-order valence-electron chi connectivity index (χ0n) is 10.1. The number of carbonyl (C=O) groups is 1. The second-order valence-corrected chi connectivity index (χ2v) is 4.75. The van der Waals surface area contributed by atoms with Crippen LogP contribution in [0.3, 0.4) is 0 Å². The van der Waals surface area contributed by atoms with Gasteiger partial charge in [0.25, 0.3) is 0 Å². The van der Waals surface area contributed by atoms with Gasteiger partial charge in [0, 0.05) is 25.6 Å². The van der Waals surface area contributed by atoms with E-state index in [2.05, 4.69) is 5.32 Å². The molecule has 1 N–H and O–H groups in total. The van der Waals surface area contributed by atoms with Crippen molar-refractivity contribution < 1.29 is 9.53 Å². The van der Waals surface area contributed by atoms with E-state index in [0.717, 1.165) is 52.1 Å². The smallest absolute Gasteiger partial charge is 0.239 e. The monoisotopic (exact) mass is 226 g/mol. The molecule has 16 heavy (non-hydrogen) atoms. The van der Waals surface area contributed by atoms with Crippen LogP contribution in [0.15, 0.2) is 0 Å². The van der Waals surface area contributed by atoms with Crippen LogP contribution in [-0.2, 0) is 9.53 Å². The Morgan fingerprint density at radius 3 is 3.06 bits per heavy atom. The number of hydrogen-bond acceptors (Lipinski definition) is 3. The number of amides is 1. The summed E-state index contributed by atoms with van der Waals surface area (Å²) in [4.78, 5) is 14.1. The Morgan fingerprint density at radius 1 is 1.50 bits per heavy atom. The van der Waals surface area contributed by atoms with Crippen LogP contribution in [0.1, 0.15) is 26.2 Å². The SMILES string of the molecule is CCOC[C@@H]1CCN(C(=O)[C@H]2CCCN2)C1. The van der Waals surface area contributed by atoms with Crippen LogP contribution in [0.2, 0.25) is 0 Å². The van der Waals surface area contributed by atoms with Gasteiger partial charge in [-0.05, 0) is 32.7 Å². The van der Waals surface area contributed by atoms with Gasteiger partial charge in [0.1, 0.15) is 0 Å². The van der Waals surface area contributed by atoms with Gasteiger partial charge in [0.15, 0.2) is 0 Å². The second kappa shape index (κ2) is 5.64. The molecule has 4 heteroatoms. The van der Waals surface area contributed by atoms with Crippen LogP contribution < -0.4 is 5.32 Å². The average molecular weight is 226 g/mol. The van der Waals surface area contributed by atoms with E-state index >= 15 is 0 Å². The van der Waals surface area contributed by atoms with Gasteiger partial charge < -0.3 is 15.0 Å². The molecular weight excluding hydrogens is 204 g/mol. The fourth-order valence-corrected chi connectivity index (χ4v) is 2.57. The van der Waals surface area contributed by atoms with Gasteiger partial charge in [-0.3, -0.25) is 4.79 Å². The molecule has 0 saturated carbocycles. The maximum absolute atomic E-state index is 12.1. The Morgan fingerprint density at radius 2 is 2.38 bits per heavy atom. The van der Waals surface area contributed by atoms with E-state index in [1.807, 2.05) is 11.8 Å². The minimum Gasteiger partial charge on any atom is -0.381 e. The maximum Gasteiger partial charge on any atom is 0.239 e. The molecule has 0 unspecified atom stereocenters.